The molecule has 0 aromatic heterocycles. The van der Waals surface area contributed by atoms with Gasteiger partial charge in [0.05, 0.1) is 0 Å². The number of aryl methyl sites for hydroxylation is 2. The van der Waals surface area contributed by atoms with Gasteiger partial charge in [-0.3, -0.25) is 9.69 Å². The van der Waals surface area contributed by atoms with E-state index in [1.165, 1.54) is 37.7 Å². The maximum atomic E-state index is 12.8. The molecule has 0 spiro atoms. The van der Waals surface area contributed by atoms with Crippen molar-refractivity contribution in [2.75, 3.05) is 26.2 Å². The molecule has 2 aliphatic heterocycles. The molecule has 3 nitrogen and oxygen atoms in total. The highest BCUT2D eigenvalue weighted by Crippen LogP contribution is 2.26. The van der Waals surface area contributed by atoms with Gasteiger partial charge in [0.1, 0.15) is 0 Å². The maximum Gasteiger partial charge on any atom is 0.225 e. The number of amides is 1. The zero-order valence-corrected chi connectivity index (χ0v) is 15.7. The molecule has 0 unspecified atom stereocenters. The van der Waals surface area contributed by atoms with Crippen LogP contribution in [0.1, 0.15) is 55.7 Å². The zero-order valence-electron chi connectivity index (χ0n) is 15.7. The Morgan fingerprint density at radius 3 is 2.48 bits per heavy atom. The average molecular weight is 341 g/mol. The Hall–Kier alpha value is -1.35. The molecule has 1 aromatic rings. The summed E-state index contributed by atoms with van der Waals surface area (Å²) in [7, 11) is 0. The van der Waals surface area contributed by atoms with E-state index in [0.29, 0.717) is 5.91 Å². The fraction of sp³-hybridized carbons (Fsp3) is 0.682. The van der Waals surface area contributed by atoms with Crippen LogP contribution >= 0.6 is 0 Å². The van der Waals surface area contributed by atoms with Crippen LogP contribution in [0.2, 0.25) is 0 Å². The van der Waals surface area contributed by atoms with Crippen LogP contribution in [0.3, 0.4) is 0 Å². The minimum Gasteiger partial charge on any atom is -0.342 e. The lowest BCUT2D eigenvalue weighted by molar-refractivity contribution is -0.138. The van der Waals surface area contributed by atoms with Gasteiger partial charge >= 0.3 is 0 Å². The second-order valence-electron chi connectivity index (χ2n) is 8.51. The summed E-state index contributed by atoms with van der Waals surface area (Å²) in [6, 6.07) is 7.08. The second kappa shape index (κ2) is 7.49. The largest absolute Gasteiger partial charge is 0.342 e. The number of carbonyl (C=O) groups is 1. The van der Waals surface area contributed by atoms with Crippen LogP contribution in [0.4, 0.5) is 0 Å². The van der Waals surface area contributed by atoms with E-state index in [-0.39, 0.29) is 5.92 Å². The summed E-state index contributed by atoms with van der Waals surface area (Å²) in [5, 5.41) is 0. The fourth-order valence-corrected chi connectivity index (χ4v) is 4.81. The Balaban J connectivity index is 1.27. The van der Waals surface area contributed by atoms with Crippen LogP contribution in [0.15, 0.2) is 18.2 Å². The minimum atomic E-state index is 0.268. The number of benzene rings is 1. The van der Waals surface area contributed by atoms with Crippen LogP contribution in [0.5, 0.6) is 0 Å². The van der Waals surface area contributed by atoms with E-state index >= 15 is 0 Å². The molecular formula is C22H32N2O. The molecule has 2 fully saturated rings. The van der Waals surface area contributed by atoms with Crippen LogP contribution in [-0.4, -0.2) is 41.9 Å². The van der Waals surface area contributed by atoms with Gasteiger partial charge in [-0.1, -0.05) is 25.1 Å². The predicted molar refractivity (Wildman–Crippen MR) is 101 cm³/mol. The van der Waals surface area contributed by atoms with E-state index in [2.05, 4.69) is 34.9 Å². The molecule has 136 valence electrons. The van der Waals surface area contributed by atoms with Crippen molar-refractivity contribution < 1.29 is 4.79 Å². The van der Waals surface area contributed by atoms with Gasteiger partial charge in [-0.15, -0.1) is 0 Å². The third-order valence-electron chi connectivity index (χ3n) is 6.60. The zero-order chi connectivity index (χ0) is 17.2. The van der Waals surface area contributed by atoms with Crippen LogP contribution in [0, 0.1) is 11.8 Å². The standard InChI is InChI=1S/C22H32N2O/c1-17-7-13-24(14-8-17)22(25)20-9-11-23(12-10-20)16-18-5-6-19-3-2-4-21(19)15-18/h5-6,15,17,20H,2-4,7-14,16H2,1H3. The van der Waals surface area contributed by atoms with Crippen molar-refractivity contribution in [3.8, 4) is 0 Å². The SMILES string of the molecule is CC1CCN(C(=O)C2CCN(Cc3ccc4c(c3)CCC4)CC2)CC1. The molecule has 0 N–H and O–H groups in total. The molecule has 25 heavy (non-hydrogen) atoms. The van der Waals surface area contributed by atoms with Gasteiger partial charge in [-0.25, -0.2) is 0 Å². The third-order valence-corrected chi connectivity index (χ3v) is 6.60. The number of fused-ring (bicyclic) bond motifs is 1. The molecule has 1 amide bonds. The van der Waals surface area contributed by atoms with E-state index in [4.69, 9.17) is 0 Å². The van der Waals surface area contributed by atoms with Crippen molar-refractivity contribution in [3.63, 3.8) is 0 Å². The lowest BCUT2D eigenvalue weighted by atomic mass is 9.92. The first-order valence-electron chi connectivity index (χ1n) is 10.3. The highest BCUT2D eigenvalue weighted by molar-refractivity contribution is 5.79. The number of likely N-dealkylation sites (tertiary alicyclic amines) is 2. The summed E-state index contributed by atoms with van der Waals surface area (Å²) in [6.07, 6.45) is 8.28. The highest BCUT2D eigenvalue weighted by atomic mass is 16.2. The maximum absolute atomic E-state index is 12.8. The topological polar surface area (TPSA) is 23.6 Å². The summed E-state index contributed by atoms with van der Waals surface area (Å²) in [4.78, 5) is 17.4. The van der Waals surface area contributed by atoms with E-state index < -0.39 is 0 Å². The van der Waals surface area contributed by atoms with Gasteiger partial charge in [-0.2, -0.15) is 0 Å². The third kappa shape index (κ3) is 3.92. The summed E-state index contributed by atoms with van der Waals surface area (Å²) in [6.45, 7) is 7.45. The molecule has 2 heterocycles. The molecule has 0 saturated carbocycles. The molecule has 1 aliphatic carbocycles. The monoisotopic (exact) mass is 340 g/mol. The minimum absolute atomic E-state index is 0.268. The number of carbonyl (C=O) groups excluding carboxylic acids is 1. The van der Waals surface area contributed by atoms with E-state index in [1.54, 1.807) is 11.1 Å². The number of piperidine rings is 2. The summed E-state index contributed by atoms with van der Waals surface area (Å²) < 4.78 is 0. The molecule has 2 saturated heterocycles. The Morgan fingerprint density at radius 1 is 1.00 bits per heavy atom. The lowest BCUT2D eigenvalue weighted by Crippen LogP contribution is -2.45. The molecule has 1 aromatic carbocycles. The van der Waals surface area contributed by atoms with Crippen molar-refractivity contribution in [1.29, 1.82) is 0 Å². The first kappa shape index (κ1) is 17.1. The predicted octanol–water partition coefficient (Wildman–Crippen LogP) is 3.65. The average Bonchev–Trinajstić information content (AvgIpc) is 3.10. The molecule has 0 radical (unpaired) electrons. The van der Waals surface area contributed by atoms with Crippen molar-refractivity contribution >= 4 is 5.91 Å². The number of nitrogens with zero attached hydrogens (tertiary/aromatic N) is 2. The summed E-state index contributed by atoms with van der Waals surface area (Å²) in [5.41, 5.74) is 4.58. The van der Waals surface area contributed by atoms with Crippen molar-refractivity contribution in [3.05, 3.63) is 34.9 Å². The molecule has 3 aliphatic rings. The van der Waals surface area contributed by atoms with E-state index in [0.717, 1.165) is 51.5 Å². The smallest absolute Gasteiger partial charge is 0.225 e. The molecule has 4 rings (SSSR count). The normalized spacial score (nSPS) is 23.0. The van der Waals surface area contributed by atoms with E-state index in [1.807, 2.05) is 0 Å². The fourth-order valence-electron chi connectivity index (χ4n) is 4.81. The van der Waals surface area contributed by atoms with Crippen molar-refractivity contribution in [2.24, 2.45) is 11.8 Å². The van der Waals surface area contributed by atoms with Crippen molar-refractivity contribution in [1.82, 2.24) is 9.80 Å². The quantitative estimate of drug-likeness (QED) is 0.838. The van der Waals surface area contributed by atoms with Gasteiger partial charge in [0.25, 0.3) is 0 Å². The Morgan fingerprint density at radius 2 is 1.72 bits per heavy atom. The number of hydrogen-bond acceptors (Lipinski definition) is 2. The second-order valence-corrected chi connectivity index (χ2v) is 8.51. The Kier molecular flexibility index (Phi) is 5.12. The van der Waals surface area contributed by atoms with Gasteiger partial charge in [-0.05, 0) is 80.6 Å². The number of rotatable bonds is 3. The molecule has 0 bridgehead atoms. The van der Waals surface area contributed by atoms with Crippen LogP contribution in [0.25, 0.3) is 0 Å². The van der Waals surface area contributed by atoms with Gasteiger partial charge in [0, 0.05) is 25.6 Å². The Bertz CT molecular complexity index is 610. The van der Waals surface area contributed by atoms with Crippen LogP contribution in [-0.2, 0) is 24.2 Å². The Labute approximate surface area is 152 Å². The highest BCUT2D eigenvalue weighted by Gasteiger charge is 2.30. The lowest BCUT2D eigenvalue weighted by Gasteiger charge is -2.36. The number of hydrogen-bond donors (Lipinski definition) is 0. The van der Waals surface area contributed by atoms with Gasteiger partial charge < -0.3 is 4.90 Å². The first-order valence-corrected chi connectivity index (χ1v) is 10.3. The van der Waals surface area contributed by atoms with Gasteiger partial charge in [0.2, 0.25) is 5.91 Å². The molecule has 0 atom stereocenters. The van der Waals surface area contributed by atoms with Crippen molar-refractivity contribution in [2.45, 2.75) is 58.4 Å². The van der Waals surface area contributed by atoms with Crippen LogP contribution < -0.4 is 0 Å². The van der Waals surface area contributed by atoms with E-state index in [9.17, 15) is 4.79 Å². The first-order chi connectivity index (χ1) is 12.2. The summed E-state index contributed by atoms with van der Waals surface area (Å²) >= 11 is 0. The van der Waals surface area contributed by atoms with Gasteiger partial charge in [0.15, 0.2) is 0 Å². The molecule has 3 heteroatoms. The summed E-state index contributed by atoms with van der Waals surface area (Å²) in [5.74, 6) is 1.49. The molecular weight excluding hydrogens is 308 g/mol.